The Labute approximate surface area is 286 Å². The van der Waals surface area contributed by atoms with E-state index in [1.54, 1.807) is 0 Å². The Kier molecular flexibility index (Phi) is 5.63. The highest BCUT2D eigenvalue weighted by atomic mass is 16.3. The Morgan fingerprint density at radius 2 is 1.00 bits per heavy atom. The van der Waals surface area contributed by atoms with Gasteiger partial charge in [-0.2, -0.15) is 0 Å². The van der Waals surface area contributed by atoms with Crippen molar-refractivity contribution in [3.8, 4) is 44.9 Å². The lowest BCUT2D eigenvalue weighted by Gasteiger charge is -2.12. The van der Waals surface area contributed by atoms with E-state index < -0.39 is 0 Å². The summed E-state index contributed by atoms with van der Waals surface area (Å²) in [6.45, 7) is 0. The molecule has 50 heavy (non-hydrogen) atoms. The third-order valence-corrected chi connectivity index (χ3v) is 10.0. The van der Waals surface area contributed by atoms with Crippen molar-refractivity contribution in [1.82, 2.24) is 9.97 Å². The Hall–Kier alpha value is -6.78. The summed E-state index contributed by atoms with van der Waals surface area (Å²) < 4.78 is 13.0. The first-order valence-corrected chi connectivity index (χ1v) is 16.8. The number of para-hydroxylation sites is 1. The van der Waals surface area contributed by atoms with Gasteiger partial charge < -0.3 is 8.83 Å². The normalized spacial score (nSPS) is 12.0. The summed E-state index contributed by atoms with van der Waals surface area (Å²) >= 11 is 0. The van der Waals surface area contributed by atoms with Crippen molar-refractivity contribution in [2.45, 2.75) is 0 Å². The highest BCUT2D eigenvalue weighted by Crippen LogP contribution is 2.45. The van der Waals surface area contributed by atoms with E-state index >= 15 is 0 Å². The molecular formula is C46H26N2O2. The molecule has 0 N–H and O–H groups in total. The van der Waals surface area contributed by atoms with Crippen LogP contribution in [0.1, 0.15) is 0 Å². The maximum Gasteiger partial charge on any atom is 0.180 e. The Morgan fingerprint density at radius 3 is 1.86 bits per heavy atom. The van der Waals surface area contributed by atoms with E-state index in [0.717, 1.165) is 82.9 Å². The van der Waals surface area contributed by atoms with Crippen LogP contribution < -0.4 is 0 Å². The maximum absolute atomic E-state index is 6.51. The van der Waals surface area contributed by atoms with Gasteiger partial charge in [0.25, 0.3) is 0 Å². The molecule has 0 amide bonds. The van der Waals surface area contributed by atoms with E-state index in [1.807, 2.05) is 30.3 Å². The van der Waals surface area contributed by atoms with Crippen molar-refractivity contribution >= 4 is 65.6 Å². The monoisotopic (exact) mass is 638 g/mol. The molecular weight excluding hydrogens is 613 g/mol. The molecule has 0 saturated carbocycles. The van der Waals surface area contributed by atoms with Gasteiger partial charge in [0.15, 0.2) is 11.4 Å². The second kappa shape index (κ2) is 10.4. The Morgan fingerprint density at radius 1 is 0.340 bits per heavy atom. The van der Waals surface area contributed by atoms with Gasteiger partial charge in [-0.1, -0.05) is 115 Å². The van der Waals surface area contributed by atoms with Crippen LogP contribution in [-0.4, -0.2) is 9.97 Å². The molecule has 4 heteroatoms. The summed E-state index contributed by atoms with van der Waals surface area (Å²) in [5, 5.41) is 7.93. The number of nitrogens with zero attached hydrogens (tertiary/aromatic N) is 2. The van der Waals surface area contributed by atoms with Crippen LogP contribution in [-0.2, 0) is 0 Å². The average molecular weight is 639 g/mol. The molecule has 0 unspecified atom stereocenters. The predicted molar refractivity (Wildman–Crippen MR) is 205 cm³/mol. The maximum atomic E-state index is 6.51. The zero-order chi connectivity index (χ0) is 32.8. The van der Waals surface area contributed by atoms with Crippen LogP contribution in [0.5, 0.6) is 0 Å². The third kappa shape index (κ3) is 3.99. The molecule has 0 bridgehead atoms. The Balaban J connectivity index is 1.18. The first kappa shape index (κ1) is 27.2. The SMILES string of the molecule is c1ccc(-c2cccc(-c3nc(-c4ccc5c(c4)c4cccc6oc7cc(-c8ccccc8)cc5c7c64)nc4c3oc3ccccc34)c2)cc1. The van der Waals surface area contributed by atoms with Gasteiger partial charge in [0.1, 0.15) is 28.0 Å². The molecule has 3 aromatic heterocycles. The number of rotatable bonds is 4. The number of hydrogen-bond acceptors (Lipinski definition) is 4. The largest absolute Gasteiger partial charge is 0.456 e. The van der Waals surface area contributed by atoms with E-state index in [4.69, 9.17) is 18.8 Å². The molecule has 0 radical (unpaired) electrons. The lowest BCUT2D eigenvalue weighted by Crippen LogP contribution is -1.94. The van der Waals surface area contributed by atoms with Gasteiger partial charge in [-0.15, -0.1) is 0 Å². The summed E-state index contributed by atoms with van der Waals surface area (Å²) in [5.74, 6) is 0.653. The first-order chi connectivity index (χ1) is 24.8. The van der Waals surface area contributed by atoms with Gasteiger partial charge in [-0.05, 0) is 86.3 Å². The van der Waals surface area contributed by atoms with Gasteiger partial charge in [0, 0.05) is 27.3 Å². The fourth-order valence-electron chi connectivity index (χ4n) is 7.71. The molecule has 232 valence electrons. The van der Waals surface area contributed by atoms with Crippen LogP contribution in [0.4, 0.5) is 0 Å². The van der Waals surface area contributed by atoms with E-state index in [1.165, 1.54) is 16.2 Å². The highest BCUT2D eigenvalue weighted by molar-refractivity contribution is 6.33. The van der Waals surface area contributed by atoms with Crippen LogP contribution >= 0.6 is 0 Å². The lowest BCUT2D eigenvalue weighted by molar-refractivity contribution is 0.667. The number of fused-ring (bicyclic) bond motifs is 6. The number of benzene rings is 8. The summed E-state index contributed by atoms with van der Waals surface area (Å²) in [6.07, 6.45) is 0. The van der Waals surface area contributed by atoms with E-state index in [2.05, 4.69) is 127 Å². The topological polar surface area (TPSA) is 52.1 Å². The fourth-order valence-corrected chi connectivity index (χ4v) is 7.71. The predicted octanol–water partition coefficient (Wildman–Crippen LogP) is 12.7. The number of hydrogen-bond donors (Lipinski definition) is 0. The van der Waals surface area contributed by atoms with E-state index in [-0.39, 0.29) is 0 Å². The molecule has 11 aromatic rings. The second-order valence-corrected chi connectivity index (χ2v) is 12.9. The lowest BCUT2D eigenvalue weighted by atomic mass is 9.91. The molecule has 4 nitrogen and oxygen atoms in total. The molecule has 0 spiro atoms. The van der Waals surface area contributed by atoms with Crippen molar-refractivity contribution in [1.29, 1.82) is 0 Å². The van der Waals surface area contributed by atoms with Gasteiger partial charge in [0.05, 0.1) is 0 Å². The first-order valence-electron chi connectivity index (χ1n) is 16.8. The van der Waals surface area contributed by atoms with Gasteiger partial charge in [0.2, 0.25) is 0 Å². The highest BCUT2D eigenvalue weighted by Gasteiger charge is 2.21. The smallest absolute Gasteiger partial charge is 0.180 e. The quantitative estimate of drug-likeness (QED) is 0.180. The van der Waals surface area contributed by atoms with E-state index in [0.29, 0.717) is 11.4 Å². The van der Waals surface area contributed by atoms with Crippen molar-refractivity contribution < 1.29 is 8.83 Å². The molecule has 8 aromatic carbocycles. The standard InChI is InChI=1S/C46H26N2O2/c1-3-11-27(12-4-1)29-15-9-16-30(23-29)43-45-44(35-17-7-8-19-38(35)50-45)48-46(47-43)31-21-22-33-36(24-31)34-18-10-20-39-41(34)42-37(33)25-32(26-40(42)49-39)28-13-5-2-6-14-28/h1-26H. The zero-order valence-corrected chi connectivity index (χ0v) is 26.7. The summed E-state index contributed by atoms with van der Waals surface area (Å²) in [6, 6.07) is 55.0. The van der Waals surface area contributed by atoms with E-state index in [9.17, 15) is 0 Å². The van der Waals surface area contributed by atoms with Crippen LogP contribution in [0.25, 0.3) is 110 Å². The molecule has 0 aliphatic rings. The number of aromatic nitrogens is 2. The minimum absolute atomic E-state index is 0.653. The molecule has 11 rings (SSSR count). The molecule has 0 aliphatic carbocycles. The van der Waals surface area contributed by atoms with Crippen molar-refractivity contribution in [3.05, 3.63) is 158 Å². The summed E-state index contributed by atoms with van der Waals surface area (Å²) in [5.41, 5.74) is 11.3. The average Bonchev–Trinajstić information content (AvgIpc) is 3.76. The minimum atomic E-state index is 0.653. The second-order valence-electron chi connectivity index (χ2n) is 12.9. The summed E-state index contributed by atoms with van der Waals surface area (Å²) in [4.78, 5) is 10.5. The Bertz CT molecular complexity index is 3080. The van der Waals surface area contributed by atoms with Crippen molar-refractivity contribution in [2.75, 3.05) is 0 Å². The minimum Gasteiger partial charge on any atom is -0.456 e. The molecule has 3 heterocycles. The van der Waals surface area contributed by atoms with Crippen LogP contribution in [0.15, 0.2) is 167 Å². The van der Waals surface area contributed by atoms with Crippen LogP contribution in [0.3, 0.4) is 0 Å². The van der Waals surface area contributed by atoms with Crippen LogP contribution in [0.2, 0.25) is 0 Å². The number of furan rings is 2. The molecule has 0 aliphatic heterocycles. The van der Waals surface area contributed by atoms with Crippen molar-refractivity contribution in [3.63, 3.8) is 0 Å². The van der Waals surface area contributed by atoms with Crippen molar-refractivity contribution in [2.24, 2.45) is 0 Å². The van der Waals surface area contributed by atoms with Gasteiger partial charge in [-0.3, -0.25) is 0 Å². The fraction of sp³-hybridized carbons (Fsp3) is 0. The molecule has 0 atom stereocenters. The third-order valence-electron chi connectivity index (χ3n) is 10.0. The summed E-state index contributed by atoms with van der Waals surface area (Å²) in [7, 11) is 0. The van der Waals surface area contributed by atoms with Crippen LogP contribution in [0, 0.1) is 0 Å². The van der Waals surface area contributed by atoms with Gasteiger partial charge in [-0.25, -0.2) is 9.97 Å². The zero-order valence-electron chi connectivity index (χ0n) is 26.7. The molecule has 0 fully saturated rings. The molecule has 0 saturated heterocycles. The van der Waals surface area contributed by atoms with Gasteiger partial charge >= 0.3 is 0 Å².